The van der Waals surface area contributed by atoms with Crippen LogP contribution in [0.1, 0.15) is 38.5 Å². The maximum atomic E-state index is 14.0. The van der Waals surface area contributed by atoms with E-state index in [1.807, 2.05) is 0 Å². The van der Waals surface area contributed by atoms with Gasteiger partial charge in [0.15, 0.2) is 11.6 Å². The molecule has 2 nitrogen and oxygen atoms in total. The van der Waals surface area contributed by atoms with Crippen molar-refractivity contribution in [1.82, 2.24) is 0 Å². The van der Waals surface area contributed by atoms with E-state index < -0.39 is 11.6 Å². The molecule has 4 heteroatoms. The Balaban J connectivity index is 1.66. The van der Waals surface area contributed by atoms with Crippen LogP contribution in [-0.4, -0.2) is 5.54 Å². The number of hydrogen-bond acceptors (Lipinski definition) is 2. The molecule has 0 heterocycles. The summed E-state index contributed by atoms with van der Waals surface area (Å²) < 4.78 is 28.0. The molecular weight excluding hydrogens is 258 g/mol. The molecule has 4 bridgehead atoms. The van der Waals surface area contributed by atoms with Gasteiger partial charge in [0.1, 0.15) is 5.69 Å². The van der Waals surface area contributed by atoms with Crippen LogP contribution in [-0.2, 0) is 0 Å². The minimum atomic E-state index is -0.571. The molecule has 3 N–H and O–H groups in total. The van der Waals surface area contributed by atoms with Crippen molar-refractivity contribution in [2.75, 3.05) is 11.1 Å². The zero-order valence-electron chi connectivity index (χ0n) is 11.5. The van der Waals surface area contributed by atoms with Crippen LogP contribution in [0.2, 0.25) is 0 Å². The van der Waals surface area contributed by atoms with Crippen LogP contribution in [0.15, 0.2) is 12.1 Å². The molecule has 0 radical (unpaired) electrons. The van der Waals surface area contributed by atoms with Gasteiger partial charge in [0.2, 0.25) is 0 Å². The first kappa shape index (κ1) is 12.4. The standard InChI is InChI=1S/C16H20F2N2/c17-13-4-12(19)5-14(18)15(13)20-16-6-9-1-10(7-16)3-11(2-9)8-16/h4-5,9-11,20H,1-3,6-8,19H2. The number of hydrogen-bond donors (Lipinski definition) is 2. The lowest BCUT2D eigenvalue weighted by Gasteiger charge is -2.57. The van der Waals surface area contributed by atoms with Crippen LogP contribution in [0.5, 0.6) is 0 Å². The largest absolute Gasteiger partial charge is 0.399 e. The van der Waals surface area contributed by atoms with Crippen LogP contribution < -0.4 is 11.1 Å². The minimum absolute atomic E-state index is 0.0150. The predicted molar refractivity (Wildman–Crippen MR) is 75.3 cm³/mol. The quantitative estimate of drug-likeness (QED) is 0.804. The smallest absolute Gasteiger partial charge is 0.151 e. The van der Waals surface area contributed by atoms with Gasteiger partial charge in [0.25, 0.3) is 0 Å². The second kappa shape index (κ2) is 4.09. The van der Waals surface area contributed by atoms with Crippen LogP contribution in [0.25, 0.3) is 0 Å². The van der Waals surface area contributed by atoms with Gasteiger partial charge >= 0.3 is 0 Å². The highest BCUT2D eigenvalue weighted by Crippen LogP contribution is 2.56. The maximum Gasteiger partial charge on any atom is 0.151 e. The van der Waals surface area contributed by atoms with Gasteiger partial charge in [-0.15, -0.1) is 0 Å². The number of nitrogens with one attached hydrogen (secondary N) is 1. The van der Waals surface area contributed by atoms with E-state index in [4.69, 9.17) is 5.73 Å². The van der Waals surface area contributed by atoms with Gasteiger partial charge in [-0.25, -0.2) is 8.78 Å². The number of nitrogens with two attached hydrogens (primary N) is 1. The van der Waals surface area contributed by atoms with Crippen molar-refractivity contribution in [3.05, 3.63) is 23.8 Å². The number of anilines is 2. The molecule has 4 saturated carbocycles. The van der Waals surface area contributed by atoms with Crippen LogP contribution >= 0.6 is 0 Å². The van der Waals surface area contributed by atoms with Crippen molar-refractivity contribution >= 4 is 11.4 Å². The molecule has 108 valence electrons. The van der Waals surface area contributed by atoms with Crippen LogP contribution in [0.3, 0.4) is 0 Å². The number of benzene rings is 1. The second-order valence-corrected chi connectivity index (χ2v) is 7.18. The fourth-order valence-electron chi connectivity index (χ4n) is 5.24. The number of rotatable bonds is 2. The van der Waals surface area contributed by atoms with E-state index in [0.717, 1.165) is 37.0 Å². The first-order chi connectivity index (χ1) is 9.53. The highest BCUT2D eigenvalue weighted by Gasteiger charge is 2.51. The van der Waals surface area contributed by atoms with Crippen LogP contribution in [0, 0.1) is 29.4 Å². The highest BCUT2D eigenvalue weighted by atomic mass is 19.1. The Bertz CT molecular complexity index is 497. The third kappa shape index (κ3) is 1.88. The summed E-state index contributed by atoms with van der Waals surface area (Å²) in [7, 11) is 0. The van der Waals surface area contributed by atoms with Crippen molar-refractivity contribution in [2.45, 2.75) is 44.1 Å². The zero-order chi connectivity index (χ0) is 13.9. The van der Waals surface area contributed by atoms with Crippen LogP contribution in [0.4, 0.5) is 20.2 Å². The average Bonchev–Trinajstić information content (AvgIpc) is 2.32. The molecule has 5 rings (SSSR count). The maximum absolute atomic E-state index is 14.0. The highest BCUT2D eigenvalue weighted by molar-refractivity contribution is 5.55. The summed E-state index contributed by atoms with van der Waals surface area (Å²) in [5.41, 5.74) is 5.54. The molecule has 1 aromatic carbocycles. The zero-order valence-corrected chi connectivity index (χ0v) is 11.5. The fourth-order valence-corrected chi connectivity index (χ4v) is 5.24. The molecule has 0 aliphatic heterocycles. The van der Waals surface area contributed by atoms with Crippen molar-refractivity contribution in [3.8, 4) is 0 Å². The summed E-state index contributed by atoms with van der Waals surface area (Å²) in [5.74, 6) is 1.09. The molecule has 4 aliphatic carbocycles. The molecule has 0 unspecified atom stereocenters. The summed E-state index contributed by atoms with van der Waals surface area (Å²) in [4.78, 5) is 0. The Morgan fingerprint density at radius 1 is 0.950 bits per heavy atom. The Kier molecular flexibility index (Phi) is 2.54. The SMILES string of the molecule is Nc1cc(F)c(NC23CC4CC(CC(C4)C2)C3)c(F)c1. The molecule has 4 aliphatic rings. The summed E-state index contributed by atoms with van der Waals surface area (Å²) in [6.07, 6.45) is 7.11. The predicted octanol–water partition coefficient (Wildman–Crippen LogP) is 3.93. The Hall–Kier alpha value is -1.32. The molecule has 20 heavy (non-hydrogen) atoms. The van der Waals surface area contributed by atoms with E-state index in [2.05, 4.69) is 5.32 Å². The Morgan fingerprint density at radius 2 is 1.40 bits per heavy atom. The van der Waals surface area contributed by atoms with E-state index in [1.54, 1.807) is 0 Å². The lowest BCUT2D eigenvalue weighted by atomic mass is 9.53. The molecule has 0 spiro atoms. The van der Waals surface area contributed by atoms with Gasteiger partial charge in [-0.1, -0.05) is 0 Å². The summed E-state index contributed by atoms with van der Waals surface area (Å²) in [6, 6.07) is 2.40. The van der Waals surface area contributed by atoms with E-state index in [9.17, 15) is 8.78 Å². The van der Waals surface area contributed by atoms with Gasteiger partial charge in [-0.2, -0.15) is 0 Å². The minimum Gasteiger partial charge on any atom is -0.399 e. The summed E-state index contributed by atoms with van der Waals surface area (Å²) >= 11 is 0. The topological polar surface area (TPSA) is 38.0 Å². The van der Waals surface area contributed by atoms with E-state index >= 15 is 0 Å². The molecule has 0 saturated heterocycles. The lowest BCUT2D eigenvalue weighted by molar-refractivity contribution is 0.0104. The number of halogens is 2. The molecule has 1 aromatic rings. The number of nitrogen functional groups attached to an aromatic ring is 1. The van der Waals surface area contributed by atoms with Crippen molar-refractivity contribution in [1.29, 1.82) is 0 Å². The Labute approximate surface area is 117 Å². The molecule has 0 aromatic heterocycles. The Morgan fingerprint density at radius 3 is 1.85 bits per heavy atom. The second-order valence-electron chi connectivity index (χ2n) is 7.18. The van der Waals surface area contributed by atoms with Gasteiger partial charge < -0.3 is 11.1 Å². The van der Waals surface area contributed by atoms with E-state index in [0.29, 0.717) is 0 Å². The average molecular weight is 278 g/mol. The molecule has 4 fully saturated rings. The van der Waals surface area contributed by atoms with E-state index in [1.165, 1.54) is 31.4 Å². The third-order valence-electron chi connectivity index (χ3n) is 5.49. The van der Waals surface area contributed by atoms with Gasteiger partial charge in [0, 0.05) is 11.2 Å². The summed E-state index contributed by atoms with van der Waals surface area (Å²) in [5, 5.41) is 3.24. The normalized spacial score (nSPS) is 38.2. The van der Waals surface area contributed by atoms with Gasteiger partial charge in [0.05, 0.1) is 0 Å². The lowest BCUT2D eigenvalue weighted by Crippen LogP contribution is -2.55. The van der Waals surface area contributed by atoms with Gasteiger partial charge in [-0.05, 0) is 68.4 Å². The third-order valence-corrected chi connectivity index (χ3v) is 5.49. The van der Waals surface area contributed by atoms with Crippen molar-refractivity contribution in [2.24, 2.45) is 17.8 Å². The fraction of sp³-hybridized carbons (Fsp3) is 0.625. The first-order valence-electron chi connectivity index (χ1n) is 7.56. The first-order valence-corrected chi connectivity index (χ1v) is 7.56. The van der Waals surface area contributed by atoms with Gasteiger partial charge in [-0.3, -0.25) is 0 Å². The van der Waals surface area contributed by atoms with E-state index in [-0.39, 0.29) is 16.9 Å². The van der Waals surface area contributed by atoms with Crippen molar-refractivity contribution in [3.63, 3.8) is 0 Å². The molecular formula is C16H20F2N2. The molecule has 0 atom stereocenters. The molecule has 0 amide bonds. The van der Waals surface area contributed by atoms with Crippen molar-refractivity contribution < 1.29 is 8.78 Å². The summed E-state index contributed by atoms with van der Waals surface area (Å²) in [6.45, 7) is 0. The monoisotopic (exact) mass is 278 g/mol.